The van der Waals surface area contributed by atoms with Gasteiger partial charge >= 0.3 is 5.91 Å². The molecule has 0 fully saturated rings. The van der Waals surface area contributed by atoms with Crippen LogP contribution in [0.25, 0.3) is 0 Å². The molecule has 0 unspecified atom stereocenters. The van der Waals surface area contributed by atoms with E-state index in [1.54, 1.807) is 12.1 Å². The van der Waals surface area contributed by atoms with Crippen molar-refractivity contribution in [2.45, 2.75) is 12.8 Å². The van der Waals surface area contributed by atoms with Crippen molar-refractivity contribution in [3.8, 4) is 0 Å². The molecule has 1 aromatic rings. The van der Waals surface area contributed by atoms with Gasteiger partial charge in [0.2, 0.25) is 0 Å². The van der Waals surface area contributed by atoms with Crippen molar-refractivity contribution in [2.75, 3.05) is 13.5 Å². The monoisotopic (exact) mass is 195 g/mol. The molecule has 0 aliphatic carbocycles. The highest BCUT2D eigenvalue weighted by Crippen LogP contribution is 2.13. The van der Waals surface area contributed by atoms with Gasteiger partial charge in [-0.3, -0.25) is 4.79 Å². The fraction of sp³-hybridized carbons (Fsp3) is 0.400. The summed E-state index contributed by atoms with van der Waals surface area (Å²) in [5, 5.41) is 11.6. The summed E-state index contributed by atoms with van der Waals surface area (Å²) in [6.45, 7) is -2.36. The number of aryl methyl sites for hydroxylation is 1. The molecule has 4 nitrogen and oxygen atoms in total. The van der Waals surface area contributed by atoms with Crippen molar-refractivity contribution >= 4 is 5.91 Å². The van der Waals surface area contributed by atoms with Crippen LogP contribution in [0.4, 0.5) is 0 Å². The van der Waals surface area contributed by atoms with Gasteiger partial charge in [-0.05, 0) is 18.9 Å². The van der Waals surface area contributed by atoms with Crippen molar-refractivity contribution < 1.29 is 13.6 Å². The van der Waals surface area contributed by atoms with Crippen LogP contribution in [0, 0.1) is 5.21 Å². The van der Waals surface area contributed by atoms with Gasteiger partial charge in [-0.2, -0.15) is 4.73 Å². The number of hydrogen-bond donors (Lipinski definition) is 0. The number of aromatic nitrogens is 1. The van der Waals surface area contributed by atoms with Crippen LogP contribution in [0.15, 0.2) is 18.3 Å². The number of pyridine rings is 1. The lowest BCUT2D eigenvalue weighted by Gasteiger charge is -2.12. The average molecular weight is 195 g/mol. The Kier molecular flexibility index (Phi) is 1.41. The van der Waals surface area contributed by atoms with Crippen molar-refractivity contribution in [1.82, 2.24) is 4.90 Å². The highest BCUT2D eigenvalue weighted by atomic mass is 16.5. The van der Waals surface area contributed by atoms with Gasteiger partial charge in [0, 0.05) is 29.3 Å². The van der Waals surface area contributed by atoms with E-state index in [9.17, 15) is 10.0 Å². The molecule has 2 rings (SSSR count). The van der Waals surface area contributed by atoms with E-state index in [4.69, 9.17) is 4.11 Å². The topological polar surface area (TPSA) is 47.2 Å². The normalized spacial score (nSPS) is 20.4. The summed E-state index contributed by atoms with van der Waals surface area (Å²) in [4.78, 5) is 12.8. The minimum Gasteiger partial charge on any atom is -0.618 e. The third kappa shape index (κ3) is 1.32. The third-order valence-electron chi connectivity index (χ3n) is 2.32. The predicted octanol–water partition coefficient (Wildman–Crippen LogP) is 0.338. The van der Waals surface area contributed by atoms with Crippen LogP contribution in [-0.2, 0) is 6.42 Å². The van der Waals surface area contributed by atoms with Gasteiger partial charge in [0.05, 0.1) is 0 Å². The lowest BCUT2D eigenvalue weighted by Crippen LogP contribution is -2.40. The molecular weight excluding hydrogens is 180 g/mol. The van der Waals surface area contributed by atoms with Gasteiger partial charge in [0.15, 0.2) is 6.20 Å². The van der Waals surface area contributed by atoms with E-state index in [0.717, 1.165) is 4.90 Å². The molecule has 0 atom stereocenters. The first-order valence-electron chi connectivity index (χ1n) is 5.94. The van der Waals surface area contributed by atoms with Crippen LogP contribution in [0.5, 0.6) is 0 Å². The van der Waals surface area contributed by atoms with Gasteiger partial charge in [-0.25, -0.2) is 0 Å². The van der Waals surface area contributed by atoms with E-state index in [1.165, 1.54) is 6.20 Å². The van der Waals surface area contributed by atoms with Crippen molar-refractivity contribution in [2.24, 2.45) is 0 Å². The molecule has 0 radical (unpaired) electrons. The second-order valence-corrected chi connectivity index (χ2v) is 3.27. The van der Waals surface area contributed by atoms with Crippen molar-refractivity contribution in [1.29, 1.82) is 0 Å². The molecule has 1 aliphatic heterocycles. The fourth-order valence-electron chi connectivity index (χ4n) is 1.62. The SMILES string of the molecule is [2H]C([2H])([2H])N1CCCc2ccc[n+]([O-])c2C1=O. The average Bonchev–Trinajstić information content (AvgIpc) is 2.38. The lowest BCUT2D eigenvalue weighted by atomic mass is 10.1. The Morgan fingerprint density at radius 1 is 1.71 bits per heavy atom. The molecule has 1 aromatic heterocycles. The van der Waals surface area contributed by atoms with Crippen LogP contribution < -0.4 is 4.73 Å². The highest BCUT2D eigenvalue weighted by Gasteiger charge is 2.26. The van der Waals surface area contributed by atoms with Crippen LogP contribution >= 0.6 is 0 Å². The molecule has 14 heavy (non-hydrogen) atoms. The molecule has 74 valence electrons. The van der Waals surface area contributed by atoms with Crippen LogP contribution in [0.3, 0.4) is 0 Å². The second-order valence-electron chi connectivity index (χ2n) is 3.27. The summed E-state index contributed by atoms with van der Waals surface area (Å²) < 4.78 is 22.3. The van der Waals surface area contributed by atoms with Crippen molar-refractivity contribution in [3.05, 3.63) is 34.8 Å². The van der Waals surface area contributed by atoms with E-state index >= 15 is 0 Å². The zero-order chi connectivity index (χ0) is 12.6. The number of carbonyl (C=O) groups is 1. The first kappa shape index (κ1) is 6.01. The standard InChI is InChI=1S/C10H12N2O2/c1-11-6-2-4-8-5-3-7-12(14)9(8)10(11)13/h3,5,7H,2,4,6H2,1H3/i1D3. The molecule has 1 aliphatic rings. The van der Waals surface area contributed by atoms with Gasteiger partial charge in [-0.15, -0.1) is 0 Å². The minimum absolute atomic E-state index is 0.0684. The lowest BCUT2D eigenvalue weighted by molar-refractivity contribution is -0.608. The largest absolute Gasteiger partial charge is 0.618 e. The summed E-state index contributed by atoms with van der Waals surface area (Å²) in [6.07, 6.45) is 2.29. The predicted molar refractivity (Wildman–Crippen MR) is 50.7 cm³/mol. The molecule has 2 heterocycles. The Hall–Kier alpha value is -1.58. The van der Waals surface area contributed by atoms with E-state index in [0.29, 0.717) is 23.1 Å². The van der Waals surface area contributed by atoms with Gasteiger partial charge < -0.3 is 10.1 Å². The number of fused-ring (bicyclic) bond motifs is 1. The summed E-state index contributed by atoms with van der Waals surface area (Å²) in [5.74, 6) is -0.715. The van der Waals surface area contributed by atoms with Gasteiger partial charge in [0.1, 0.15) is 0 Å². The molecule has 1 amide bonds. The van der Waals surface area contributed by atoms with E-state index in [2.05, 4.69) is 0 Å². The second kappa shape index (κ2) is 3.29. The first-order chi connectivity index (χ1) is 7.91. The number of nitrogens with zero attached hydrogens (tertiary/aromatic N) is 2. The van der Waals surface area contributed by atoms with Gasteiger partial charge in [-0.1, -0.05) is 0 Å². The maximum Gasteiger partial charge on any atom is 0.320 e. The zero-order valence-electron chi connectivity index (χ0n) is 10.6. The number of hydrogen-bond acceptors (Lipinski definition) is 2. The Balaban J connectivity index is 2.50. The maximum absolute atomic E-state index is 12.0. The van der Waals surface area contributed by atoms with Crippen LogP contribution in [-0.4, -0.2) is 24.3 Å². The van der Waals surface area contributed by atoms with Gasteiger partial charge in [0.25, 0.3) is 5.69 Å². The fourth-order valence-corrected chi connectivity index (χ4v) is 1.62. The van der Waals surface area contributed by atoms with Crippen LogP contribution in [0.2, 0.25) is 0 Å². The summed E-state index contributed by atoms with van der Waals surface area (Å²) in [5.41, 5.74) is 0.542. The summed E-state index contributed by atoms with van der Waals surface area (Å²) in [6, 6.07) is 3.24. The van der Waals surface area contributed by atoms with Crippen molar-refractivity contribution in [3.63, 3.8) is 0 Å². The Morgan fingerprint density at radius 2 is 2.57 bits per heavy atom. The van der Waals surface area contributed by atoms with E-state index in [-0.39, 0.29) is 12.2 Å². The van der Waals surface area contributed by atoms with E-state index in [1.807, 2.05) is 0 Å². The Bertz CT molecular complexity index is 459. The highest BCUT2D eigenvalue weighted by molar-refractivity contribution is 5.92. The minimum atomic E-state index is -2.50. The van der Waals surface area contributed by atoms with Crippen LogP contribution in [0.1, 0.15) is 26.6 Å². The smallest absolute Gasteiger partial charge is 0.320 e. The molecule has 0 aromatic carbocycles. The first-order valence-corrected chi connectivity index (χ1v) is 4.44. The molecule has 4 heteroatoms. The summed E-state index contributed by atoms with van der Waals surface area (Å²) >= 11 is 0. The Labute approximate surface area is 86.6 Å². The molecular formula is C10H12N2O2. The Morgan fingerprint density at radius 3 is 3.36 bits per heavy atom. The molecule has 0 saturated carbocycles. The zero-order valence-corrected chi connectivity index (χ0v) is 7.56. The number of carbonyl (C=O) groups excluding carboxylic acids is 1. The number of rotatable bonds is 0. The van der Waals surface area contributed by atoms with E-state index < -0.39 is 12.9 Å². The molecule has 0 bridgehead atoms. The maximum atomic E-state index is 12.0. The molecule has 0 saturated heterocycles. The summed E-state index contributed by atoms with van der Waals surface area (Å²) in [7, 11) is 0. The molecule has 0 N–H and O–H groups in total. The number of amides is 1. The molecule has 0 spiro atoms. The third-order valence-corrected chi connectivity index (χ3v) is 2.32. The quantitative estimate of drug-likeness (QED) is 0.442.